The molecular formula is C13H17F4N5O. The fraction of sp³-hybridized carbons (Fsp3) is 0.615. The van der Waals surface area contributed by atoms with Gasteiger partial charge in [-0.25, -0.2) is 8.78 Å². The Balaban J connectivity index is 1.90. The van der Waals surface area contributed by atoms with Crippen molar-refractivity contribution in [3.63, 3.8) is 0 Å². The molecule has 1 N–H and O–H groups in total. The Morgan fingerprint density at radius 2 is 1.91 bits per heavy atom. The zero-order chi connectivity index (χ0) is 17.0. The van der Waals surface area contributed by atoms with Crippen molar-refractivity contribution in [3.8, 4) is 0 Å². The van der Waals surface area contributed by atoms with Crippen molar-refractivity contribution in [2.45, 2.75) is 12.3 Å². The van der Waals surface area contributed by atoms with Gasteiger partial charge in [-0.3, -0.25) is 9.69 Å². The molecule has 128 valence electrons. The summed E-state index contributed by atoms with van der Waals surface area (Å²) in [5.41, 5.74) is 0.173. The number of amides is 1. The first kappa shape index (κ1) is 17.4. The van der Waals surface area contributed by atoms with Crippen LogP contribution >= 0.6 is 0 Å². The first-order chi connectivity index (χ1) is 10.8. The van der Waals surface area contributed by atoms with Gasteiger partial charge >= 0.3 is 12.3 Å². The summed E-state index contributed by atoms with van der Waals surface area (Å²) < 4.78 is 50.5. The fourth-order valence-corrected chi connectivity index (χ4v) is 2.25. The molecule has 1 aromatic heterocycles. The van der Waals surface area contributed by atoms with Gasteiger partial charge in [-0.1, -0.05) is 0 Å². The Morgan fingerprint density at radius 3 is 2.39 bits per heavy atom. The van der Waals surface area contributed by atoms with E-state index in [9.17, 15) is 22.4 Å². The number of piperazine rings is 1. The predicted molar refractivity (Wildman–Crippen MR) is 75.0 cm³/mol. The van der Waals surface area contributed by atoms with Crippen LogP contribution in [0.2, 0.25) is 0 Å². The Kier molecular flexibility index (Phi) is 5.34. The molecule has 0 saturated carbocycles. The lowest BCUT2D eigenvalue weighted by molar-refractivity contribution is -0.142. The van der Waals surface area contributed by atoms with Crippen molar-refractivity contribution in [2.24, 2.45) is 0 Å². The molecule has 0 unspecified atom stereocenters. The monoisotopic (exact) mass is 335 g/mol. The topological polar surface area (TPSA) is 61.4 Å². The maximum Gasteiger partial charge on any atom is 0.319 e. The lowest BCUT2D eigenvalue weighted by Gasteiger charge is -2.36. The van der Waals surface area contributed by atoms with Gasteiger partial charge in [0.05, 0.1) is 6.54 Å². The van der Waals surface area contributed by atoms with Gasteiger partial charge in [-0.05, 0) is 12.1 Å². The SMILES string of the molecule is CNC(=O)c1ccc(N2CCN(CC(F)(F)C(F)F)CC2)nn1. The zero-order valence-corrected chi connectivity index (χ0v) is 12.5. The van der Waals surface area contributed by atoms with Crippen LogP contribution in [0.3, 0.4) is 0 Å². The number of nitrogens with one attached hydrogen (secondary N) is 1. The number of hydrogen-bond acceptors (Lipinski definition) is 5. The molecule has 0 radical (unpaired) electrons. The number of aromatic nitrogens is 2. The van der Waals surface area contributed by atoms with Crippen molar-refractivity contribution in [3.05, 3.63) is 17.8 Å². The zero-order valence-electron chi connectivity index (χ0n) is 12.5. The molecular weight excluding hydrogens is 318 g/mol. The summed E-state index contributed by atoms with van der Waals surface area (Å²) in [6.07, 6.45) is -3.66. The van der Waals surface area contributed by atoms with Crippen molar-refractivity contribution in [1.82, 2.24) is 20.4 Å². The highest BCUT2D eigenvalue weighted by Crippen LogP contribution is 2.24. The molecule has 0 aliphatic carbocycles. The van der Waals surface area contributed by atoms with E-state index in [1.54, 1.807) is 11.0 Å². The second-order valence-electron chi connectivity index (χ2n) is 5.18. The number of rotatable bonds is 5. The summed E-state index contributed by atoms with van der Waals surface area (Å²) in [5, 5.41) is 10.1. The average molecular weight is 335 g/mol. The molecule has 0 spiro atoms. The first-order valence-electron chi connectivity index (χ1n) is 7.02. The molecule has 1 aromatic rings. The van der Waals surface area contributed by atoms with E-state index in [-0.39, 0.29) is 24.7 Å². The van der Waals surface area contributed by atoms with Gasteiger partial charge in [0.15, 0.2) is 11.5 Å². The number of anilines is 1. The van der Waals surface area contributed by atoms with Crippen LogP contribution in [0.25, 0.3) is 0 Å². The van der Waals surface area contributed by atoms with Gasteiger partial charge in [-0.2, -0.15) is 8.78 Å². The number of alkyl halides is 4. The molecule has 2 heterocycles. The van der Waals surface area contributed by atoms with Gasteiger partial charge in [0, 0.05) is 33.2 Å². The van der Waals surface area contributed by atoms with Crippen LogP contribution in [0.5, 0.6) is 0 Å². The van der Waals surface area contributed by atoms with E-state index in [1.807, 2.05) is 0 Å². The van der Waals surface area contributed by atoms with Crippen molar-refractivity contribution < 1.29 is 22.4 Å². The summed E-state index contributed by atoms with van der Waals surface area (Å²) >= 11 is 0. The second kappa shape index (κ2) is 7.07. The maximum absolute atomic E-state index is 13.0. The molecule has 1 amide bonds. The highest BCUT2D eigenvalue weighted by atomic mass is 19.3. The molecule has 23 heavy (non-hydrogen) atoms. The van der Waals surface area contributed by atoms with Gasteiger partial charge in [0.25, 0.3) is 5.91 Å². The lowest BCUT2D eigenvalue weighted by atomic mass is 10.2. The lowest BCUT2D eigenvalue weighted by Crippen LogP contribution is -2.51. The summed E-state index contributed by atoms with van der Waals surface area (Å²) in [6, 6.07) is 3.12. The third-order valence-electron chi connectivity index (χ3n) is 3.56. The van der Waals surface area contributed by atoms with E-state index in [0.29, 0.717) is 18.9 Å². The molecule has 0 aromatic carbocycles. The van der Waals surface area contributed by atoms with Crippen LogP contribution < -0.4 is 10.2 Å². The third-order valence-corrected chi connectivity index (χ3v) is 3.56. The average Bonchev–Trinajstić information content (AvgIpc) is 2.54. The summed E-state index contributed by atoms with van der Waals surface area (Å²) in [6.45, 7) is 0.225. The molecule has 1 fully saturated rings. The minimum atomic E-state index is -4.00. The van der Waals surface area contributed by atoms with E-state index >= 15 is 0 Å². The van der Waals surface area contributed by atoms with Crippen LogP contribution in [0.4, 0.5) is 23.4 Å². The van der Waals surface area contributed by atoms with Crippen LogP contribution in [0, 0.1) is 0 Å². The number of nitrogens with zero attached hydrogens (tertiary/aromatic N) is 4. The van der Waals surface area contributed by atoms with Gasteiger partial charge < -0.3 is 10.2 Å². The Bertz CT molecular complexity index is 532. The maximum atomic E-state index is 13.0. The number of carbonyl (C=O) groups is 1. The smallest absolute Gasteiger partial charge is 0.319 e. The Hall–Kier alpha value is -1.97. The highest BCUT2D eigenvalue weighted by Gasteiger charge is 2.42. The Labute approximate surface area is 130 Å². The molecule has 6 nitrogen and oxygen atoms in total. The number of halogens is 4. The molecule has 0 bridgehead atoms. The third kappa shape index (κ3) is 4.27. The highest BCUT2D eigenvalue weighted by molar-refractivity contribution is 5.91. The van der Waals surface area contributed by atoms with Crippen LogP contribution in [0.15, 0.2) is 12.1 Å². The molecule has 10 heteroatoms. The van der Waals surface area contributed by atoms with E-state index < -0.39 is 18.9 Å². The molecule has 2 rings (SSSR count). The normalized spacial score (nSPS) is 16.7. The van der Waals surface area contributed by atoms with Crippen LogP contribution in [-0.4, -0.2) is 73.1 Å². The summed E-state index contributed by atoms with van der Waals surface area (Å²) in [7, 11) is 1.48. The van der Waals surface area contributed by atoms with Crippen molar-refractivity contribution >= 4 is 11.7 Å². The van der Waals surface area contributed by atoms with Crippen LogP contribution in [-0.2, 0) is 0 Å². The van der Waals surface area contributed by atoms with Gasteiger partial charge in [-0.15, -0.1) is 10.2 Å². The minimum absolute atomic E-state index is 0.173. The van der Waals surface area contributed by atoms with Crippen LogP contribution in [0.1, 0.15) is 10.5 Å². The van der Waals surface area contributed by atoms with Crippen molar-refractivity contribution in [2.75, 3.05) is 44.7 Å². The van der Waals surface area contributed by atoms with E-state index in [4.69, 9.17) is 0 Å². The molecule has 0 atom stereocenters. The standard InChI is InChI=1S/C13H17F4N5O/c1-18-11(23)9-2-3-10(20-19-9)22-6-4-21(5-7-22)8-13(16,17)12(14)15/h2-3,12H,4-8H2,1H3,(H,18,23). The Morgan fingerprint density at radius 1 is 1.26 bits per heavy atom. The van der Waals surface area contributed by atoms with E-state index in [0.717, 1.165) is 0 Å². The fourth-order valence-electron chi connectivity index (χ4n) is 2.25. The molecule has 1 aliphatic heterocycles. The van der Waals surface area contributed by atoms with Crippen molar-refractivity contribution in [1.29, 1.82) is 0 Å². The number of carbonyl (C=O) groups excluding carboxylic acids is 1. The molecule has 1 saturated heterocycles. The summed E-state index contributed by atoms with van der Waals surface area (Å²) in [4.78, 5) is 14.5. The predicted octanol–water partition coefficient (Wildman–Crippen LogP) is 0.859. The quantitative estimate of drug-likeness (QED) is 0.809. The number of hydrogen-bond donors (Lipinski definition) is 1. The van der Waals surface area contributed by atoms with E-state index in [2.05, 4.69) is 15.5 Å². The largest absolute Gasteiger partial charge is 0.354 e. The first-order valence-corrected chi connectivity index (χ1v) is 7.02. The molecule has 1 aliphatic rings. The second-order valence-corrected chi connectivity index (χ2v) is 5.18. The summed E-state index contributed by atoms with van der Waals surface area (Å²) in [5.74, 6) is -3.85. The van der Waals surface area contributed by atoms with E-state index in [1.165, 1.54) is 18.0 Å². The minimum Gasteiger partial charge on any atom is -0.354 e. The van der Waals surface area contributed by atoms with Gasteiger partial charge in [0.2, 0.25) is 0 Å². The van der Waals surface area contributed by atoms with Gasteiger partial charge in [0.1, 0.15) is 0 Å².